The molecule has 0 saturated carbocycles. The predicted octanol–water partition coefficient (Wildman–Crippen LogP) is 4.71. The summed E-state index contributed by atoms with van der Waals surface area (Å²) in [4.78, 5) is 8.36. The van der Waals surface area contributed by atoms with Crippen LogP contribution in [0.15, 0.2) is 0 Å². The Labute approximate surface area is 151 Å². The Morgan fingerprint density at radius 2 is 1.09 bits per heavy atom. The highest BCUT2D eigenvalue weighted by molar-refractivity contribution is 8.76. The average molecular weight is 431 g/mol. The van der Waals surface area contributed by atoms with Gasteiger partial charge in [-0.3, -0.25) is 4.79 Å². The lowest BCUT2D eigenvalue weighted by Gasteiger charge is -2.23. The Kier molecular flexibility index (Phi) is 18.4. The van der Waals surface area contributed by atoms with Gasteiger partial charge in [-0.25, -0.2) is 0 Å². The summed E-state index contributed by atoms with van der Waals surface area (Å²) in [5.41, 5.74) is -4.51. The molecule has 22 heavy (non-hydrogen) atoms. The molecule has 0 aliphatic rings. The summed E-state index contributed by atoms with van der Waals surface area (Å²) in [6.07, 6.45) is 0. The van der Waals surface area contributed by atoms with Gasteiger partial charge >= 0.3 is 0 Å². The van der Waals surface area contributed by atoms with Crippen LogP contribution >= 0.6 is 34.2 Å². The molecule has 0 fully saturated rings. The van der Waals surface area contributed by atoms with Gasteiger partial charge in [-0.05, 0) is 51.3 Å². The molecule has 0 radical (unpaired) electrons. The van der Waals surface area contributed by atoms with Gasteiger partial charge in [0.15, 0.2) is 0 Å². The normalized spacial score (nSPS) is 11.6. The van der Waals surface area contributed by atoms with E-state index in [2.05, 4.69) is 0 Å². The molecular formula is C10H24O6P2S4. The van der Waals surface area contributed by atoms with Crippen molar-refractivity contribution in [1.82, 2.24) is 0 Å². The smallest absolute Gasteiger partial charge is 0.290 e. The Bertz CT molecular complexity index is 321. The summed E-state index contributed by atoms with van der Waals surface area (Å²) in [6.45, 7) is 9.63. The molecule has 0 saturated heterocycles. The largest absolute Gasteiger partial charge is 0.483 e. The third-order valence-electron chi connectivity index (χ3n) is 1.57. The number of hydrogen-bond acceptors (Lipinski definition) is 9. The van der Waals surface area contributed by atoms with Crippen molar-refractivity contribution in [3.8, 4) is 0 Å². The molecule has 0 spiro atoms. The topological polar surface area (TPSA) is 74.2 Å². The second-order valence-corrected chi connectivity index (χ2v) is 16.0. The van der Waals surface area contributed by atoms with Crippen molar-refractivity contribution in [2.75, 3.05) is 31.5 Å². The Balaban J connectivity index is 0. The van der Waals surface area contributed by atoms with Crippen LogP contribution in [0.25, 0.3) is 0 Å². The molecule has 0 unspecified atom stereocenters. The molecule has 6 nitrogen and oxygen atoms in total. The minimum Gasteiger partial charge on any atom is -0.483 e. The van der Waals surface area contributed by atoms with Crippen molar-refractivity contribution in [3.05, 3.63) is 0 Å². The molecule has 0 aromatic rings. The van der Waals surface area contributed by atoms with E-state index in [9.17, 15) is 0 Å². The summed E-state index contributed by atoms with van der Waals surface area (Å²) in [5.74, 6) is 0. The van der Waals surface area contributed by atoms with Crippen LogP contribution in [0.1, 0.15) is 27.7 Å². The third-order valence-corrected chi connectivity index (χ3v) is 13.6. The second-order valence-electron chi connectivity index (χ2n) is 3.05. The first-order valence-corrected chi connectivity index (χ1v) is 15.0. The van der Waals surface area contributed by atoms with E-state index in [1.54, 1.807) is 0 Å². The van der Waals surface area contributed by atoms with Crippen LogP contribution in [0.5, 0.6) is 0 Å². The first-order valence-electron chi connectivity index (χ1n) is 6.51. The summed E-state index contributed by atoms with van der Waals surface area (Å²) < 4.78 is 22.2. The minimum atomic E-state index is -2.25. The SMILES string of the molecule is CCOP(=S)(OCC)SCSP(=S)(OCC)OCC.O=CO. The molecule has 0 aliphatic heterocycles. The maximum atomic E-state index is 8.36. The van der Waals surface area contributed by atoms with E-state index < -0.39 is 11.4 Å². The number of hydrogen-bond donors (Lipinski definition) is 1. The van der Waals surface area contributed by atoms with Crippen molar-refractivity contribution in [2.45, 2.75) is 27.7 Å². The van der Waals surface area contributed by atoms with Crippen LogP contribution in [0.2, 0.25) is 0 Å². The van der Waals surface area contributed by atoms with Gasteiger partial charge in [-0.1, -0.05) is 22.8 Å². The number of carbonyl (C=O) groups is 1. The van der Waals surface area contributed by atoms with Gasteiger partial charge in [0.05, 0.1) is 31.5 Å². The number of carboxylic acid groups (broad SMARTS) is 1. The summed E-state index contributed by atoms with van der Waals surface area (Å²) in [5, 5.41) is 7.55. The van der Waals surface area contributed by atoms with E-state index in [1.165, 1.54) is 22.8 Å². The molecule has 0 amide bonds. The summed E-state index contributed by atoms with van der Waals surface area (Å²) in [7, 11) is 0. The molecule has 134 valence electrons. The van der Waals surface area contributed by atoms with Crippen molar-refractivity contribution in [3.63, 3.8) is 0 Å². The lowest BCUT2D eigenvalue weighted by molar-refractivity contribution is -0.122. The van der Waals surface area contributed by atoms with E-state index in [0.717, 1.165) is 0 Å². The summed E-state index contributed by atoms with van der Waals surface area (Å²) >= 11 is 13.9. The maximum absolute atomic E-state index is 8.36. The first kappa shape index (κ1) is 25.5. The number of rotatable bonds is 12. The molecule has 12 heteroatoms. The van der Waals surface area contributed by atoms with Crippen molar-refractivity contribution < 1.29 is 28.0 Å². The highest BCUT2D eigenvalue weighted by Crippen LogP contribution is 2.67. The van der Waals surface area contributed by atoms with E-state index in [0.29, 0.717) is 31.5 Å². The fourth-order valence-corrected chi connectivity index (χ4v) is 13.7. The highest BCUT2D eigenvalue weighted by Gasteiger charge is 2.23. The van der Waals surface area contributed by atoms with E-state index in [4.69, 9.17) is 51.6 Å². The molecule has 0 aliphatic carbocycles. The molecule has 1 N–H and O–H groups in total. The lowest BCUT2D eigenvalue weighted by atomic mass is 10.9. The predicted molar refractivity (Wildman–Crippen MR) is 104 cm³/mol. The van der Waals surface area contributed by atoms with Gasteiger partial charge in [0.1, 0.15) is 0 Å². The van der Waals surface area contributed by atoms with E-state index >= 15 is 0 Å². The van der Waals surface area contributed by atoms with Gasteiger partial charge in [-0.15, -0.1) is 0 Å². The Morgan fingerprint density at radius 1 is 0.864 bits per heavy atom. The van der Waals surface area contributed by atoms with E-state index in [1.807, 2.05) is 27.7 Å². The van der Waals surface area contributed by atoms with Crippen LogP contribution in [-0.2, 0) is 46.5 Å². The average Bonchev–Trinajstić information content (AvgIpc) is 2.40. The fraction of sp³-hybridized carbons (Fsp3) is 0.900. The van der Waals surface area contributed by atoms with Gasteiger partial charge in [0.2, 0.25) is 11.4 Å². The lowest BCUT2D eigenvalue weighted by Crippen LogP contribution is -1.94. The standard InChI is InChI=1S/C9H22O4P2S4.CH2O2/c1-5-10-14(16,11-6-2)18-9-19-15(17,12-7-3)13-8-4;2-1-3/h5-9H2,1-4H3;1H,(H,2,3). The van der Waals surface area contributed by atoms with Crippen LogP contribution < -0.4 is 0 Å². The maximum Gasteiger partial charge on any atom is 0.290 e. The Hall–Kier alpha value is 1.31. The second kappa shape index (κ2) is 15.8. The van der Waals surface area contributed by atoms with Gasteiger partial charge in [-0.2, -0.15) is 0 Å². The quantitative estimate of drug-likeness (QED) is 0.267. The first-order chi connectivity index (χ1) is 10.4. The van der Waals surface area contributed by atoms with Crippen molar-refractivity contribution in [2.24, 2.45) is 0 Å². The molecule has 0 aromatic carbocycles. The zero-order chi connectivity index (χ0) is 17.5. The van der Waals surface area contributed by atoms with Crippen LogP contribution in [0.4, 0.5) is 0 Å². The molecule has 0 heterocycles. The van der Waals surface area contributed by atoms with Gasteiger partial charge in [0.25, 0.3) is 6.47 Å². The summed E-state index contributed by atoms with van der Waals surface area (Å²) in [6, 6.07) is 0. The molecule has 0 rings (SSSR count). The van der Waals surface area contributed by atoms with Crippen LogP contribution in [0.3, 0.4) is 0 Å². The molecule has 0 atom stereocenters. The van der Waals surface area contributed by atoms with Crippen molar-refractivity contribution in [1.29, 1.82) is 0 Å². The van der Waals surface area contributed by atoms with Gasteiger partial charge < -0.3 is 23.2 Å². The molecule has 0 aromatic heterocycles. The monoisotopic (exact) mass is 430 g/mol. The van der Waals surface area contributed by atoms with Crippen LogP contribution in [0, 0.1) is 0 Å². The third kappa shape index (κ3) is 13.7. The van der Waals surface area contributed by atoms with Crippen LogP contribution in [-0.4, -0.2) is 43.1 Å². The zero-order valence-corrected chi connectivity index (χ0v) is 18.2. The molecule has 0 bridgehead atoms. The van der Waals surface area contributed by atoms with Crippen molar-refractivity contribution >= 4 is 64.2 Å². The highest BCUT2D eigenvalue weighted by atomic mass is 32.9. The van der Waals surface area contributed by atoms with E-state index in [-0.39, 0.29) is 6.47 Å². The van der Waals surface area contributed by atoms with Gasteiger partial charge in [0, 0.05) is 0 Å². The minimum absolute atomic E-state index is 0.250. The molecular weight excluding hydrogens is 406 g/mol. The fourth-order valence-electron chi connectivity index (χ4n) is 1.01. The zero-order valence-electron chi connectivity index (χ0n) is 13.1. The Morgan fingerprint density at radius 3 is 1.27 bits per heavy atom.